The van der Waals surface area contributed by atoms with Crippen LogP contribution in [0.5, 0.6) is 0 Å². The van der Waals surface area contributed by atoms with Crippen molar-refractivity contribution < 1.29 is 4.79 Å². The number of carbonyl (C=O) groups is 1. The zero-order valence-corrected chi connectivity index (χ0v) is 11.3. The van der Waals surface area contributed by atoms with E-state index in [1.54, 1.807) is 0 Å². The molecular weight excluding hydrogens is 236 g/mol. The summed E-state index contributed by atoms with van der Waals surface area (Å²) in [5.41, 5.74) is 2.91. The van der Waals surface area contributed by atoms with Crippen LogP contribution in [0.15, 0.2) is 24.3 Å². The first-order chi connectivity index (χ1) is 9.27. The third-order valence-corrected chi connectivity index (χ3v) is 5.27. The molecule has 1 saturated heterocycles. The molecule has 3 atom stereocenters. The van der Waals surface area contributed by atoms with Gasteiger partial charge in [0.2, 0.25) is 5.91 Å². The summed E-state index contributed by atoms with van der Waals surface area (Å²) in [7, 11) is 1.98. The number of likely N-dealkylation sites (N-methyl/N-ethyl adjacent to an activating group) is 1. The van der Waals surface area contributed by atoms with Crippen molar-refractivity contribution in [2.24, 2.45) is 11.8 Å². The average Bonchev–Trinajstić information content (AvgIpc) is 3.10. The normalized spacial score (nSPS) is 31.9. The lowest BCUT2D eigenvalue weighted by Crippen LogP contribution is -2.57. The monoisotopic (exact) mass is 256 g/mol. The molecule has 1 aromatic rings. The number of benzene rings is 1. The highest BCUT2D eigenvalue weighted by molar-refractivity contribution is 5.84. The number of nitrogens with zero attached hydrogens (tertiary/aromatic N) is 1. The van der Waals surface area contributed by atoms with Crippen LogP contribution < -0.4 is 5.32 Å². The lowest BCUT2D eigenvalue weighted by Gasteiger charge is -2.35. The second kappa shape index (κ2) is 4.07. The number of hydrogen-bond acceptors (Lipinski definition) is 2. The van der Waals surface area contributed by atoms with Gasteiger partial charge in [-0.2, -0.15) is 0 Å². The Morgan fingerprint density at radius 2 is 2.11 bits per heavy atom. The zero-order valence-electron chi connectivity index (χ0n) is 11.3. The highest BCUT2D eigenvalue weighted by atomic mass is 16.2. The van der Waals surface area contributed by atoms with E-state index >= 15 is 0 Å². The number of carbonyl (C=O) groups excluding carboxylic acids is 1. The topological polar surface area (TPSA) is 32.3 Å². The van der Waals surface area contributed by atoms with Gasteiger partial charge in [0.05, 0.1) is 6.04 Å². The van der Waals surface area contributed by atoms with Gasteiger partial charge in [-0.1, -0.05) is 24.3 Å². The first-order valence-corrected chi connectivity index (χ1v) is 7.32. The van der Waals surface area contributed by atoms with E-state index in [1.807, 2.05) is 11.9 Å². The molecule has 0 radical (unpaired) electrons. The molecule has 3 heteroatoms. The molecule has 3 unspecified atom stereocenters. The van der Waals surface area contributed by atoms with E-state index in [0.29, 0.717) is 23.8 Å². The minimum Gasteiger partial charge on any atom is -0.340 e. The van der Waals surface area contributed by atoms with Crippen molar-refractivity contribution in [2.75, 3.05) is 20.1 Å². The Labute approximate surface area is 114 Å². The Morgan fingerprint density at radius 1 is 1.32 bits per heavy atom. The highest BCUT2D eigenvalue weighted by Gasteiger charge is 2.58. The molecule has 1 saturated carbocycles. The average molecular weight is 256 g/mol. The summed E-state index contributed by atoms with van der Waals surface area (Å²) in [5.74, 6) is 1.75. The summed E-state index contributed by atoms with van der Waals surface area (Å²) >= 11 is 0. The van der Waals surface area contributed by atoms with E-state index in [0.717, 1.165) is 19.5 Å². The van der Waals surface area contributed by atoms with Gasteiger partial charge in [0.1, 0.15) is 0 Å². The number of hydrogen-bond donors (Lipinski definition) is 1. The quantitative estimate of drug-likeness (QED) is 0.867. The number of rotatable bonds is 2. The minimum atomic E-state index is 0.259. The second-order valence-corrected chi connectivity index (χ2v) is 6.21. The van der Waals surface area contributed by atoms with Crippen molar-refractivity contribution in [3.8, 4) is 0 Å². The molecule has 0 bridgehead atoms. The highest BCUT2D eigenvalue weighted by Crippen LogP contribution is 2.60. The van der Waals surface area contributed by atoms with Gasteiger partial charge in [0, 0.05) is 26.1 Å². The molecule has 1 N–H and O–H groups in total. The Hall–Kier alpha value is -1.35. The molecule has 3 nitrogen and oxygen atoms in total. The molecule has 4 rings (SSSR count). The predicted molar refractivity (Wildman–Crippen MR) is 73.9 cm³/mol. The third kappa shape index (κ3) is 1.64. The fraction of sp³-hybridized carbons (Fsp3) is 0.562. The van der Waals surface area contributed by atoms with E-state index in [-0.39, 0.29) is 5.92 Å². The lowest BCUT2D eigenvalue weighted by atomic mass is 9.92. The SMILES string of the molecule is CN(C(=O)C1C2CCc3ccccc3C21)C1CNC1. The molecule has 1 aromatic carbocycles. The Morgan fingerprint density at radius 3 is 2.84 bits per heavy atom. The third-order valence-electron chi connectivity index (χ3n) is 5.27. The summed E-state index contributed by atoms with van der Waals surface area (Å²) in [4.78, 5) is 14.6. The van der Waals surface area contributed by atoms with Crippen LogP contribution in [-0.2, 0) is 11.2 Å². The Kier molecular flexibility index (Phi) is 2.46. The van der Waals surface area contributed by atoms with Gasteiger partial charge >= 0.3 is 0 Å². The molecule has 2 fully saturated rings. The number of nitrogens with one attached hydrogen (secondary N) is 1. The van der Waals surface area contributed by atoms with Crippen LogP contribution >= 0.6 is 0 Å². The van der Waals surface area contributed by atoms with Crippen molar-refractivity contribution in [2.45, 2.75) is 24.8 Å². The van der Waals surface area contributed by atoms with Crippen LogP contribution in [-0.4, -0.2) is 37.0 Å². The summed E-state index contributed by atoms with van der Waals surface area (Å²) in [6.07, 6.45) is 2.34. The van der Waals surface area contributed by atoms with Gasteiger partial charge in [0.15, 0.2) is 0 Å². The molecule has 2 aliphatic carbocycles. The Balaban J connectivity index is 1.55. The first-order valence-electron chi connectivity index (χ1n) is 7.32. The molecule has 100 valence electrons. The van der Waals surface area contributed by atoms with Crippen LogP contribution in [0.1, 0.15) is 23.5 Å². The van der Waals surface area contributed by atoms with E-state index in [1.165, 1.54) is 17.5 Å². The standard InChI is InChI=1S/C16H20N2O/c1-18(11-8-17-9-11)16(19)15-13-7-6-10-4-2-3-5-12(10)14(13)15/h2-5,11,13-15,17H,6-9H2,1H3. The van der Waals surface area contributed by atoms with E-state index in [2.05, 4.69) is 29.6 Å². The summed E-state index contributed by atoms with van der Waals surface area (Å²) in [6.45, 7) is 1.92. The van der Waals surface area contributed by atoms with Gasteiger partial charge in [-0.05, 0) is 35.8 Å². The smallest absolute Gasteiger partial charge is 0.226 e. The van der Waals surface area contributed by atoms with Crippen molar-refractivity contribution in [3.63, 3.8) is 0 Å². The van der Waals surface area contributed by atoms with Crippen LogP contribution in [0.3, 0.4) is 0 Å². The zero-order chi connectivity index (χ0) is 13.0. The molecule has 19 heavy (non-hydrogen) atoms. The van der Waals surface area contributed by atoms with Gasteiger partial charge < -0.3 is 10.2 Å². The maximum absolute atomic E-state index is 12.6. The Bertz CT molecular complexity index is 523. The summed E-state index contributed by atoms with van der Waals surface area (Å²) in [6, 6.07) is 9.10. The maximum Gasteiger partial charge on any atom is 0.226 e. The first kappa shape index (κ1) is 11.5. The van der Waals surface area contributed by atoms with E-state index in [4.69, 9.17) is 0 Å². The van der Waals surface area contributed by atoms with Crippen LogP contribution in [0.2, 0.25) is 0 Å². The fourth-order valence-electron chi connectivity index (χ4n) is 3.87. The minimum absolute atomic E-state index is 0.259. The summed E-state index contributed by atoms with van der Waals surface area (Å²) < 4.78 is 0. The molecule has 1 amide bonds. The van der Waals surface area contributed by atoms with E-state index in [9.17, 15) is 4.79 Å². The molecule has 1 heterocycles. The molecule has 0 spiro atoms. The molecular formula is C16H20N2O. The fourth-order valence-corrected chi connectivity index (χ4v) is 3.87. The van der Waals surface area contributed by atoms with Crippen LogP contribution in [0.4, 0.5) is 0 Å². The van der Waals surface area contributed by atoms with Gasteiger partial charge in [-0.15, -0.1) is 0 Å². The largest absolute Gasteiger partial charge is 0.340 e. The molecule has 3 aliphatic rings. The van der Waals surface area contributed by atoms with Crippen molar-refractivity contribution in [1.29, 1.82) is 0 Å². The maximum atomic E-state index is 12.6. The van der Waals surface area contributed by atoms with Crippen molar-refractivity contribution >= 4 is 5.91 Å². The van der Waals surface area contributed by atoms with Gasteiger partial charge in [0.25, 0.3) is 0 Å². The molecule has 1 aliphatic heterocycles. The van der Waals surface area contributed by atoms with Gasteiger partial charge in [-0.25, -0.2) is 0 Å². The number of fused-ring (bicyclic) bond motifs is 3. The second-order valence-electron chi connectivity index (χ2n) is 6.21. The number of amides is 1. The van der Waals surface area contributed by atoms with Crippen LogP contribution in [0, 0.1) is 11.8 Å². The number of aryl methyl sites for hydroxylation is 1. The van der Waals surface area contributed by atoms with E-state index < -0.39 is 0 Å². The predicted octanol–water partition coefficient (Wildman–Crippen LogP) is 1.39. The van der Waals surface area contributed by atoms with Crippen molar-refractivity contribution in [3.05, 3.63) is 35.4 Å². The van der Waals surface area contributed by atoms with Gasteiger partial charge in [-0.3, -0.25) is 4.79 Å². The summed E-state index contributed by atoms with van der Waals surface area (Å²) in [5, 5.41) is 3.24. The lowest BCUT2D eigenvalue weighted by molar-refractivity contribution is -0.134. The van der Waals surface area contributed by atoms with Crippen LogP contribution in [0.25, 0.3) is 0 Å². The molecule has 0 aromatic heterocycles. The van der Waals surface area contributed by atoms with Crippen molar-refractivity contribution in [1.82, 2.24) is 10.2 Å².